The van der Waals surface area contributed by atoms with Crippen LogP contribution in [0.15, 0.2) is 48.5 Å². The third-order valence-corrected chi connectivity index (χ3v) is 7.31. The fourth-order valence-electron chi connectivity index (χ4n) is 2.76. The topological polar surface area (TPSA) is 9.23 Å². The summed E-state index contributed by atoms with van der Waals surface area (Å²) in [6.45, 7) is 2.31. The maximum atomic E-state index is 5.90. The number of fused-ring (bicyclic) bond motifs is 3. The van der Waals surface area contributed by atoms with Crippen LogP contribution in [0.5, 0.6) is 0 Å². The summed E-state index contributed by atoms with van der Waals surface area (Å²) in [5.74, 6) is 0. The molecule has 1 atom stereocenters. The van der Waals surface area contributed by atoms with Gasteiger partial charge in [-0.25, -0.2) is 0 Å². The predicted molar refractivity (Wildman–Crippen MR) is 73.8 cm³/mol. The van der Waals surface area contributed by atoms with E-state index in [1.807, 2.05) is 7.11 Å². The molecule has 1 aliphatic rings. The summed E-state index contributed by atoms with van der Waals surface area (Å²) >= 11 is 0. The Hall–Kier alpha value is -1.38. The summed E-state index contributed by atoms with van der Waals surface area (Å²) in [7, 11) is 0.0756. The molecule has 17 heavy (non-hydrogen) atoms. The van der Waals surface area contributed by atoms with Crippen molar-refractivity contribution in [3.8, 4) is 11.1 Å². The molecule has 0 aromatic heterocycles. The van der Waals surface area contributed by atoms with Gasteiger partial charge in [-0.1, -0.05) is 48.5 Å². The Balaban J connectivity index is 2.30. The van der Waals surface area contributed by atoms with Crippen LogP contribution in [0, 0.1) is 0 Å². The van der Waals surface area contributed by atoms with Gasteiger partial charge in [-0.05, 0) is 34.5 Å². The standard InChI is InChI=1S/C15H16OSi/c1-16-17(2)11-12-7-3-4-8-13(12)14-9-5-6-10-15(14)17/h3-10H,11H2,1-2H3. The van der Waals surface area contributed by atoms with Gasteiger partial charge in [0, 0.05) is 7.11 Å². The highest BCUT2D eigenvalue weighted by molar-refractivity contribution is 6.86. The lowest BCUT2D eigenvalue weighted by molar-refractivity contribution is 0.409. The smallest absolute Gasteiger partial charge is 0.225 e. The highest BCUT2D eigenvalue weighted by atomic mass is 28.4. The zero-order chi connectivity index (χ0) is 11.9. The Morgan fingerprint density at radius 1 is 0.941 bits per heavy atom. The van der Waals surface area contributed by atoms with Gasteiger partial charge in [0.15, 0.2) is 0 Å². The monoisotopic (exact) mass is 240 g/mol. The minimum absolute atomic E-state index is 1.08. The van der Waals surface area contributed by atoms with Crippen molar-refractivity contribution in [1.82, 2.24) is 0 Å². The van der Waals surface area contributed by atoms with Crippen molar-refractivity contribution >= 4 is 13.5 Å². The Bertz CT molecular complexity index is 564. The molecule has 86 valence electrons. The van der Waals surface area contributed by atoms with Crippen molar-refractivity contribution in [2.24, 2.45) is 0 Å². The third-order valence-electron chi connectivity index (χ3n) is 3.78. The largest absolute Gasteiger partial charge is 0.415 e. The van der Waals surface area contributed by atoms with Gasteiger partial charge in [-0.2, -0.15) is 0 Å². The number of benzene rings is 2. The number of rotatable bonds is 1. The van der Waals surface area contributed by atoms with Gasteiger partial charge in [-0.3, -0.25) is 0 Å². The van der Waals surface area contributed by atoms with Gasteiger partial charge in [-0.15, -0.1) is 0 Å². The number of hydrogen-bond acceptors (Lipinski definition) is 1. The molecule has 2 aromatic carbocycles. The molecule has 0 fully saturated rings. The van der Waals surface area contributed by atoms with Gasteiger partial charge in [0.25, 0.3) is 0 Å². The van der Waals surface area contributed by atoms with E-state index in [4.69, 9.17) is 4.43 Å². The van der Waals surface area contributed by atoms with E-state index in [2.05, 4.69) is 55.1 Å². The fourth-order valence-corrected chi connectivity index (χ4v) is 5.58. The first-order chi connectivity index (χ1) is 8.24. The van der Waals surface area contributed by atoms with Crippen molar-refractivity contribution in [2.45, 2.75) is 12.6 Å². The molecule has 0 saturated heterocycles. The summed E-state index contributed by atoms with van der Waals surface area (Å²) in [4.78, 5) is 0. The Kier molecular flexibility index (Phi) is 2.42. The minimum Gasteiger partial charge on any atom is -0.415 e. The summed E-state index contributed by atoms with van der Waals surface area (Å²) in [5, 5.41) is 1.43. The van der Waals surface area contributed by atoms with Crippen LogP contribution in [0.3, 0.4) is 0 Å². The molecule has 0 amide bonds. The highest BCUT2D eigenvalue weighted by Gasteiger charge is 2.37. The second-order valence-electron chi connectivity index (χ2n) is 4.81. The van der Waals surface area contributed by atoms with Gasteiger partial charge in [0.05, 0.1) is 0 Å². The predicted octanol–water partition coefficient (Wildman–Crippen LogP) is 2.88. The van der Waals surface area contributed by atoms with Crippen LogP contribution < -0.4 is 5.19 Å². The Morgan fingerprint density at radius 3 is 2.35 bits per heavy atom. The lowest BCUT2D eigenvalue weighted by atomic mass is 10.00. The first kappa shape index (κ1) is 10.8. The average molecular weight is 240 g/mol. The first-order valence-corrected chi connectivity index (χ1v) is 8.59. The second kappa shape index (κ2) is 3.83. The van der Waals surface area contributed by atoms with E-state index in [-0.39, 0.29) is 0 Å². The van der Waals surface area contributed by atoms with E-state index in [0.717, 1.165) is 6.04 Å². The zero-order valence-corrected chi connectivity index (χ0v) is 11.2. The molecule has 0 spiro atoms. The van der Waals surface area contributed by atoms with Crippen LogP contribution in [0.1, 0.15) is 5.56 Å². The summed E-state index contributed by atoms with van der Waals surface area (Å²) < 4.78 is 5.90. The van der Waals surface area contributed by atoms with Crippen LogP contribution >= 0.6 is 0 Å². The molecular formula is C15H16OSi. The normalized spacial score (nSPS) is 21.8. The van der Waals surface area contributed by atoms with Crippen LogP contribution in [0.2, 0.25) is 6.55 Å². The number of hydrogen-bond donors (Lipinski definition) is 0. The molecule has 1 aliphatic heterocycles. The fraction of sp³-hybridized carbons (Fsp3) is 0.200. The highest BCUT2D eigenvalue weighted by Crippen LogP contribution is 2.31. The third kappa shape index (κ3) is 1.56. The molecule has 0 bridgehead atoms. The molecular weight excluding hydrogens is 224 g/mol. The van der Waals surface area contributed by atoms with E-state index in [0.29, 0.717) is 0 Å². The van der Waals surface area contributed by atoms with Gasteiger partial charge < -0.3 is 4.43 Å². The van der Waals surface area contributed by atoms with E-state index < -0.39 is 8.32 Å². The Morgan fingerprint density at radius 2 is 1.59 bits per heavy atom. The molecule has 0 N–H and O–H groups in total. The molecule has 1 heterocycles. The van der Waals surface area contributed by atoms with Crippen LogP contribution in [-0.2, 0) is 10.5 Å². The molecule has 0 saturated carbocycles. The molecule has 2 heteroatoms. The summed E-state index contributed by atoms with van der Waals surface area (Å²) in [5.41, 5.74) is 4.18. The molecule has 2 aromatic rings. The minimum atomic E-state index is -1.78. The van der Waals surface area contributed by atoms with Crippen molar-refractivity contribution in [1.29, 1.82) is 0 Å². The molecule has 1 unspecified atom stereocenters. The maximum absolute atomic E-state index is 5.90. The summed E-state index contributed by atoms with van der Waals surface area (Å²) in [6.07, 6.45) is 0. The second-order valence-corrected chi connectivity index (χ2v) is 8.58. The van der Waals surface area contributed by atoms with Gasteiger partial charge in [0.2, 0.25) is 8.32 Å². The van der Waals surface area contributed by atoms with E-state index in [9.17, 15) is 0 Å². The lowest BCUT2D eigenvalue weighted by Gasteiger charge is -2.33. The van der Waals surface area contributed by atoms with Crippen molar-refractivity contribution in [2.75, 3.05) is 7.11 Å². The van der Waals surface area contributed by atoms with E-state index >= 15 is 0 Å². The van der Waals surface area contributed by atoms with Crippen molar-refractivity contribution in [3.63, 3.8) is 0 Å². The van der Waals surface area contributed by atoms with Crippen molar-refractivity contribution < 1.29 is 4.43 Å². The average Bonchev–Trinajstić information content (AvgIpc) is 2.39. The van der Waals surface area contributed by atoms with Crippen LogP contribution in [-0.4, -0.2) is 15.4 Å². The first-order valence-electron chi connectivity index (χ1n) is 5.97. The van der Waals surface area contributed by atoms with Crippen LogP contribution in [0.25, 0.3) is 11.1 Å². The van der Waals surface area contributed by atoms with Gasteiger partial charge in [0.1, 0.15) is 0 Å². The summed E-state index contributed by atoms with van der Waals surface area (Å²) in [6, 6.07) is 18.5. The zero-order valence-electron chi connectivity index (χ0n) is 10.2. The molecule has 1 nitrogen and oxygen atoms in total. The molecule has 3 rings (SSSR count). The maximum Gasteiger partial charge on any atom is 0.225 e. The van der Waals surface area contributed by atoms with Crippen LogP contribution in [0.4, 0.5) is 0 Å². The quantitative estimate of drug-likeness (QED) is 0.696. The Labute approximate surface area is 103 Å². The van der Waals surface area contributed by atoms with Crippen molar-refractivity contribution in [3.05, 3.63) is 54.1 Å². The molecule has 0 aliphatic carbocycles. The molecule has 0 radical (unpaired) electrons. The van der Waals surface area contributed by atoms with E-state index in [1.54, 1.807) is 0 Å². The van der Waals surface area contributed by atoms with E-state index in [1.165, 1.54) is 21.9 Å². The SMILES string of the molecule is CO[Si]1(C)Cc2ccccc2-c2ccccc21. The van der Waals surface area contributed by atoms with Gasteiger partial charge >= 0.3 is 0 Å². The lowest BCUT2D eigenvalue weighted by Crippen LogP contribution is -2.52.